The molecule has 0 amide bonds. The first kappa shape index (κ1) is 24.4. The molecule has 2 aromatic carbocycles. The second kappa shape index (κ2) is 9.97. The van der Waals surface area contributed by atoms with Crippen LogP contribution in [-0.2, 0) is 0 Å². The average molecular weight is 510 g/mol. The van der Waals surface area contributed by atoms with Gasteiger partial charge in [0.05, 0.1) is 23.5 Å². The fraction of sp³-hybridized carbons (Fsp3) is 0.111. The summed E-state index contributed by atoms with van der Waals surface area (Å²) in [5.74, 6) is 0.282. The molecule has 0 aliphatic carbocycles. The first-order valence-electron chi connectivity index (χ1n) is 11.7. The van der Waals surface area contributed by atoms with Gasteiger partial charge in [-0.25, -0.2) is 9.97 Å². The number of para-hydroxylation sites is 1. The van der Waals surface area contributed by atoms with Gasteiger partial charge < -0.3 is 15.8 Å². The first-order valence-corrected chi connectivity index (χ1v) is 11.7. The van der Waals surface area contributed by atoms with Crippen LogP contribution in [0.5, 0.6) is 5.88 Å². The van der Waals surface area contributed by atoms with Gasteiger partial charge in [-0.2, -0.15) is 4.98 Å². The molecule has 0 fully saturated rings. The fourth-order valence-electron chi connectivity index (χ4n) is 4.38. The monoisotopic (exact) mass is 509 g/mol. The van der Waals surface area contributed by atoms with Crippen molar-refractivity contribution >= 4 is 28.2 Å². The van der Waals surface area contributed by atoms with Crippen molar-refractivity contribution in [1.82, 2.24) is 19.5 Å². The van der Waals surface area contributed by atoms with Crippen LogP contribution in [0.25, 0.3) is 27.6 Å². The van der Waals surface area contributed by atoms with E-state index in [-0.39, 0.29) is 23.0 Å². The Balaban J connectivity index is 1.74. The van der Waals surface area contributed by atoms with Crippen molar-refractivity contribution < 1.29 is 9.66 Å². The predicted octanol–water partition coefficient (Wildman–Crippen LogP) is 4.51. The Morgan fingerprint density at radius 3 is 2.61 bits per heavy atom. The Hall–Kier alpha value is -5.32. The molecule has 3 heterocycles. The zero-order valence-electron chi connectivity index (χ0n) is 20.5. The molecule has 0 spiro atoms. The number of ether oxygens (including phenoxy) is 1. The molecule has 190 valence electrons. The number of nitrogens with two attached hydrogens (primary N) is 1. The lowest BCUT2D eigenvalue weighted by atomic mass is 9.98. The van der Waals surface area contributed by atoms with E-state index in [1.807, 2.05) is 60.7 Å². The molecular weight excluding hydrogens is 486 g/mol. The quantitative estimate of drug-likeness (QED) is 0.238. The van der Waals surface area contributed by atoms with E-state index in [1.54, 1.807) is 23.8 Å². The maximum atomic E-state index is 14.2. The lowest BCUT2D eigenvalue weighted by molar-refractivity contribution is -0.384. The van der Waals surface area contributed by atoms with Crippen LogP contribution in [0.15, 0.2) is 83.9 Å². The van der Waals surface area contributed by atoms with Crippen LogP contribution in [0, 0.1) is 10.1 Å². The summed E-state index contributed by atoms with van der Waals surface area (Å²) >= 11 is 0. The van der Waals surface area contributed by atoms with E-state index >= 15 is 0 Å². The number of nitrogen functional groups attached to an aromatic ring is 1. The molecule has 0 aliphatic rings. The molecule has 0 saturated heterocycles. The molecule has 0 bridgehead atoms. The summed E-state index contributed by atoms with van der Waals surface area (Å²) < 4.78 is 6.88. The van der Waals surface area contributed by atoms with Crippen LogP contribution in [0.4, 0.5) is 17.5 Å². The van der Waals surface area contributed by atoms with E-state index in [0.717, 1.165) is 17.3 Å². The zero-order chi connectivity index (χ0) is 26.8. The average Bonchev–Trinajstić information content (AvgIpc) is 2.93. The summed E-state index contributed by atoms with van der Waals surface area (Å²) in [5, 5.41) is 15.8. The van der Waals surface area contributed by atoms with E-state index in [1.165, 1.54) is 7.11 Å². The number of nitrogens with zero attached hydrogens (tertiary/aromatic N) is 5. The van der Waals surface area contributed by atoms with Crippen LogP contribution in [0.2, 0.25) is 0 Å². The number of anilines is 2. The molecule has 0 aliphatic heterocycles. The van der Waals surface area contributed by atoms with Gasteiger partial charge in [0.2, 0.25) is 17.6 Å². The van der Waals surface area contributed by atoms with Crippen molar-refractivity contribution in [3.63, 3.8) is 0 Å². The SMILES string of the molecule is COc1cc(-c2cccc3cc([C@H](C)Nc4nc(N)ncc4[N+](=O)[O-])n(-c4ccccc4)c(=O)c23)ccn1. The number of benzene rings is 2. The number of fused-ring (bicyclic) bond motifs is 1. The molecule has 38 heavy (non-hydrogen) atoms. The van der Waals surface area contributed by atoms with Crippen molar-refractivity contribution in [2.75, 3.05) is 18.2 Å². The van der Waals surface area contributed by atoms with Crippen molar-refractivity contribution in [3.05, 3.63) is 105 Å². The third-order valence-electron chi connectivity index (χ3n) is 6.13. The Bertz CT molecular complexity index is 1720. The second-order valence-electron chi connectivity index (χ2n) is 8.49. The highest BCUT2D eigenvalue weighted by atomic mass is 16.6. The molecule has 1 atom stereocenters. The molecule has 0 saturated carbocycles. The van der Waals surface area contributed by atoms with E-state index in [0.29, 0.717) is 28.0 Å². The molecule has 3 N–H and O–H groups in total. The van der Waals surface area contributed by atoms with Crippen LogP contribution in [0.3, 0.4) is 0 Å². The van der Waals surface area contributed by atoms with Crippen LogP contribution >= 0.6 is 0 Å². The van der Waals surface area contributed by atoms with Gasteiger partial charge in [-0.3, -0.25) is 19.5 Å². The molecule has 0 unspecified atom stereocenters. The van der Waals surface area contributed by atoms with Gasteiger partial charge in [-0.05, 0) is 47.7 Å². The Morgan fingerprint density at radius 2 is 1.87 bits per heavy atom. The standard InChI is InChI=1S/C27H23N7O4/c1-16(31-25-22(34(36)37)15-30-27(28)32-25)21-13-18-7-6-10-20(17-11-12-29-23(14-17)38-2)24(18)26(35)33(21)19-8-4-3-5-9-19/h3-16H,1-2H3,(H3,28,30,31,32)/t16-/m0/s1. The third-order valence-corrected chi connectivity index (χ3v) is 6.13. The van der Waals surface area contributed by atoms with Crippen molar-refractivity contribution in [2.45, 2.75) is 13.0 Å². The van der Waals surface area contributed by atoms with Crippen molar-refractivity contribution in [1.29, 1.82) is 0 Å². The Morgan fingerprint density at radius 1 is 1.08 bits per heavy atom. The fourth-order valence-corrected chi connectivity index (χ4v) is 4.38. The van der Waals surface area contributed by atoms with Crippen molar-refractivity contribution in [3.8, 4) is 22.7 Å². The molecule has 5 aromatic rings. The van der Waals surface area contributed by atoms with Gasteiger partial charge >= 0.3 is 5.69 Å². The Labute approximate surface area is 216 Å². The third kappa shape index (κ3) is 4.48. The summed E-state index contributed by atoms with van der Waals surface area (Å²) in [6, 6.07) is 19.7. The van der Waals surface area contributed by atoms with E-state index < -0.39 is 11.0 Å². The zero-order valence-corrected chi connectivity index (χ0v) is 20.5. The minimum Gasteiger partial charge on any atom is -0.481 e. The number of hydrogen-bond donors (Lipinski definition) is 2. The lowest BCUT2D eigenvalue weighted by Gasteiger charge is -2.22. The van der Waals surface area contributed by atoms with E-state index in [4.69, 9.17) is 10.5 Å². The number of rotatable bonds is 7. The normalized spacial score (nSPS) is 11.7. The number of nitro groups is 1. The highest BCUT2D eigenvalue weighted by Crippen LogP contribution is 2.32. The maximum absolute atomic E-state index is 14.2. The summed E-state index contributed by atoms with van der Waals surface area (Å²) in [6.45, 7) is 1.79. The van der Waals surface area contributed by atoms with Gasteiger partial charge in [-0.15, -0.1) is 0 Å². The minimum absolute atomic E-state index is 0.0419. The molecule has 11 nitrogen and oxygen atoms in total. The smallest absolute Gasteiger partial charge is 0.329 e. The largest absolute Gasteiger partial charge is 0.481 e. The van der Waals surface area contributed by atoms with Gasteiger partial charge in [-0.1, -0.05) is 36.4 Å². The summed E-state index contributed by atoms with van der Waals surface area (Å²) in [7, 11) is 1.54. The number of aromatic nitrogens is 4. The maximum Gasteiger partial charge on any atom is 0.329 e. The molecular formula is C27H23N7O4. The van der Waals surface area contributed by atoms with Crippen LogP contribution < -0.4 is 21.3 Å². The highest BCUT2D eigenvalue weighted by Gasteiger charge is 2.23. The lowest BCUT2D eigenvalue weighted by Crippen LogP contribution is -2.26. The Kier molecular flexibility index (Phi) is 6.40. The van der Waals surface area contributed by atoms with Crippen LogP contribution in [-0.4, -0.2) is 31.6 Å². The number of nitrogens with one attached hydrogen (secondary N) is 1. The second-order valence-corrected chi connectivity index (χ2v) is 8.49. The molecule has 0 radical (unpaired) electrons. The van der Waals surface area contributed by atoms with Crippen LogP contribution in [0.1, 0.15) is 18.7 Å². The topological polar surface area (TPSA) is 151 Å². The minimum atomic E-state index is -0.589. The van der Waals surface area contributed by atoms with Gasteiger partial charge in [0.1, 0.15) is 6.20 Å². The van der Waals surface area contributed by atoms with Crippen molar-refractivity contribution in [2.24, 2.45) is 0 Å². The summed E-state index contributed by atoms with van der Waals surface area (Å²) in [6.07, 6.45) is 2.68. The molecule has 3 aromatic heterocycles. The van der Waals surface area contributed by atoms with Gasteiger partial charge in [0.25, 0.3) is 5.56 Å². The molecule has 11 heteroatoms. The number of hydrogen-bond acceptors (Lipinski definition) is 9. The van der Waals surface area contributed by atoms with Gasteiger partial charge in [0.15, 0.2) is 0 Å². The number of methoxy groups -OCH3 is 1. The summed E-state index contributed by atoms with van der Waals surface area (Å²) in [4.78, 5) is 37.1. The highest BCUT2D eigenvalue weighted by molar-refractivity contribution is 5.96. The summed E-state index contributed by atoms with van der Waals surface area (Å²) in [5.41, 5.74) is 7.85. The van der Waals surface area contributed by atoms with Gasteiger partial charge in [0, 0.05) is 23.6 Å². The first-order chi connectivity index (χ1) is 18.4. The van der Waals surface area contributed by atoms with E-state index in [2.05, 4.69) is 20.3 Å². The number of pyridine rings is 2. The predicted molar refractivity (Wildman–Crippen MR) is 144 cm³/mol. The molecule has 5 rings (SSSR count). The van der Waals surface area contributed by atoms with E-state index in [9.17, 15) is 14.9 Å².